The maximum Gasteiger partial charge on any atom is 0.284 e. The highest BCUT2D eigenvalue weighted by atomic mass is 35.5. The van der Waals surface area contributed by atoms with Crippen LogP contribution < -0.4 is 5.32 Å². The molecular formula is C17H17ClN4O3S. The van der Waals surface area contributed by atoms with Crippen molar-refractivity contribution in [2.24, 2.45) is 0 Å². The van der Waals surface area contributed by atoms with Gasteiger partial charge in [-0.1, -0.05) is 11.6 Å². The van der Waals surface area contributed by atoms with Crippen LogP contribution >= 0.6 is 22.9 Å². The standard InChI is InChI=1S/C17H17ClN4O3S/c18-14-2-1-13(26-14)9-19-17-20-15(11-3-6-24-7-4-11)21-22(17)16(23)12-5-8-25-10-12/h1-2,5,8,10-11H,3-4,6-7,9H2,(H,19,20,21). The highest BCUT2D eigenvalue weighted by molar-refractivity contribution is 7.16. The lowest BCUT2D eigenvalue weighted by atomic mass is 10.00. The molecule has 4 heterocycles. The van der Waals surface area contributed by atoms with Gasteiger partial charge in [0.1, 0.15) is 6.26 Å². The molecule has 0 aliphatic carbocycles. The van der Waals surface area contributed by atoms with Crippen LogP contribution in [0.5, 0.6) is 0 Å². The Balaban J connectivity index is 1.60. The van der Waals surface area contributed by atoms with E-state index in [1.807, 2.05) is 12.1 Å². The zero-order valence-electron chi connectivity index (χ0n) is 13.9. The Kier molecular flexibility index (Phi) is 5.05. The first-order valence-corrected chi connectivity index (χ1v) is 9.50. The average molecular weight is 393 g/mol. The number of anilines is 1. The lowest BCUT2D eigenvalue weighted by molar-refractivity contribution is 0.0833. The number of ether oxygens (including phenoxy) is 1. The molecule has 4 rings (SSSR count). The van der Waals surface area contributed by atoms with E-state index >= 15 is 0 Å². The van der Waals surface area contributed by atoms with E-state index in [2.05, 4.69) is 15.4 Å². The fraction of sp³-hybridized carbons (Fsp3) is 0.353. The minimum Gasteiger partial charge on any atom is -0.472 e. The number of nitrogens with one attached hydrogen (secondary N) is 1. The van der Waals surface area contributed by atoms with Gasteiger partial charge in [0.05, 0.1) is 22.7 Å². The smallest absolute Gasteiger partial charge is 0.284 e. The van der Waals surface area contributed by atoms with Crippen molar-refractivity contribution in [2.75, 3.05) is 18.5 Å². The summed E-state index contributed by atoms with van der Waals surface area (Å²) in [6, 6.07) is 5.40. The van der Waals surface area contributed by atoms with E-state index in [0.29, 0.717) is 37.1 Å². The fourth-order valence-corrected chi connectivity index (χ4v) is 3.86. The van der Waals surface area contributed by atoms with Crippen LogP contribution in [0.25, 0.3) is 0 Å². The van der Waals surface area contributed by atoms with Crippen LogP contribution in [0.1, 0.15) is 39.8 Å². The monoisotopic (exact) mass is 392 g/mol. The zero-order chi connectivity index (χ0) is 17.9. The highest BCUT2D eigenvalue weighted by Crippen LogP contribution is 2.27. The van der Waals surface area contributed by atoms with Gasteiger partial charge in [-0.15, -0.1) is 16.4 Å². The van der Waals surface area contributed by atoms with E-state index in [0.717, 1.165) is 22.1 Å². The molecule has 3 aromatic rings. The van der Waals surface area contributed by atoms with Crippen LogP contribution in [0.3, 0.4) is 0 Å². The molecule has 0 atom stereocenters. The third-order valence-corrected chi connectivity index (χ3v) is 5.45. The van der Waals surface area contributed by atoms with Crippen molar-refractivity contribution in [1.29, 1.82) is 0 Å². The van der Waals surface area contributed by atoms with E-state index in [9.17, 15) is 4.79 Å². The molecule has 0 saturated carbocycles. The number of halogens is 1. The molecule has 9 heteroatoms. The maximum absolute atomic E-state index is 12.8. The van der Waals surface area contributed by atoms with Gasteiger partial charge >= 0.3 is 0 Å². The molecule has 1 fully saturated rings. The largest absolute Gasteiger partial charge is 0.472 e. The topological polar surface area (TPSA) is 82.2 Å². The number of hydrogen-bond donors (Lipinski definition) is 1. The van der Waals surface area contributed by atoms with Crippen molar-refractivity contribution in [3.8, 4) is 0 Å². The second-order valence-corrected chi connectivity index (χ2v) is 7.77. The van der Waals surface area contributed by atoms with E-state index in [1.54, 1.807) is 6.07 Å². The Labute approximate surface area is 158 Å². The van der Waals surface area contributed by atoms with E-state index in [-0.39, 0.29) is 11.8 Å². The Morgan fingerprint density at radius 3 is 2.88 bits per heavy atom. The van der Waals surface area contributed by atoms with E-state index < -0.39 is 0 Å². The Morgan fingerprint density at radius 1 is 1.35 bits per heavy atom. The number of carbonyl (C=O) groups excluding carboxylic acids is 1. The highest BCUT2D eigenvalue weighted by Gasteiger charge is 2.25. The van der Waals surface area contributed by atoms with Crippen LogP contribution in [0.15, 0.2) is 35.1 Å². The molecule has 1 aliphatic rings. The first-order valence-electron chi connectivity index (χ1n) is 8.30. The number of rotatable bonds is 5. The first kappa shape index (κ1) is 17.3. The van der Waals surface area contributed by atoms with Crippen molar-refractivity contribution in [3.63, 3.8) is 0 Å². The summed E-state index contributed by atoms with van der Waals surface area (Å²) in [6.45, 7) is 1.89. The van der Waals surface area contributed by atoms with Gasteiger partial charge in [0.25, 0.3) is 5.91 Å². The lowest BCUT2D eigenvalue weighted by Crippen LogP contribution is -2.18. The molecule has 0 amide bonds. The minimum absolute atomic E-state index is 0.193. The minimum atomic E-state index is -0.281. The third-order valence-electron chi connectivity index (χ3n) is 4.22. The molecule has 0 aromatic carbocycles. The van der Waals surface area contributed by atoms with Crippen LogP contribution in [0.2, 0.25) is 4.34 Å². The Morgan fingerprint density at radius 2 is 2.19 bits per heavy atom. The lowest BCUT2D eigenvalue weighted by Gasteiger charge is -2.18. The molecule has 0 unspecified atom stereocenters. The van der Waals surface area contributed by atoms with Crippen molar-refractivity contribution in [3.05, 3.63) is 51.3 Å². The summed E-state index contributed by atoms with van der Waals surface area (Å²) >= 11 is 7.46. The molecule has 1 aliphatic heterocycles. The fourth-order valence-electron chi connectivity index (χ4n) is 2.83. The third kappa shape index (κ3) is 3.67. The molecule has 1 saturated heterocycles. The van der Waals surface area contributed by atoms with Gasteiger partial charge in [0.2, 0.25) is 5.95 Å². The molecule has 3 aromatic heterocycles. The Bertz CT molecular complexity index is 884. The summed E-state index contributed by atoms with van der Waals surface area (Å²) in [5.74, 6) is 0.995. The summed E-state index contributed by atoms with van der Waals surface area (Å²) < 4.78 is 12.5. The quantitative estimate of drug-likeness (QED) is 0.711. The van der Waals surface area contributed by atoms with Crippen LogP contribution in [0.4, 0.5) is 5.95 Å². The van der Waals surface area contributed by atoms with Crippen molar-refractivity contribution >= 4 is 34.8 Å². The zero-order valence-corrected chi connectivity index (χ0v) is 15.4. The second kappa shape index (κ2) is 7.61. The van der Waals surface area contributed by atoms with E-state index in [4.69, 9.17) is 20.8 Å². The van der Waals surface area contributed by atoms with E-state index in [1.165, 1.54) is 28.5 Å². The predicted octanol–water partition coefficient (Wildman–Crippen LogP) is 3.78. The number of furan rings is 1. The normalized spacial score (nSPS) is 15.3. The summed E-state index contributed by atoms with van der Waals surface area (Å²) in [6.07, 6.45) is 4.57. The van der Waals surface area contributed by atoms with Gasteiger partial charge in [0, 0.05) is 24.0 Å². The van der Waals surface area contributed by atoms with Gasteiger partial charge in [-0.25, -0.2) is 0 Å². The first-order chi connectivity index (χ1) is 12.7. The van der Waals surface area contributed by atoms with Crippen LogP contribution in [-0.4, -0.2) is 33.9 Å². The maximum atomic E-state index is 12.8. The summed E-state index contributed by atoms with van der Waals surface area (Å²) in [7, 11) is 0. The second-order valence-electron chi connectivity index (χ2n) is 5.97. The van der Waals surface area contributed by atoms with Crippen LogP contribution in [-0.2, 0) is 11.3 Å². The van der Waals surface area contributed by atoms with Crippen LogP contribution in [0, 0.1) is 0 Å². The molecule has 1 N–H and O–H groups in total. The summed E-state index contributed by atoms with van der Waals surface area (Å²) in [4.78, 5) is 18.4. The van der Waals surface area contributed by atoms with Crippen molar-refractivity contribution in [2.45, 2.75) is 25.3 Å². The molecule has 26 heavy (non-hydrogen) atoms. The van der Waals surface area contributed by atoms with Gasteiger partial charge < -0.3 is 14.5 Å². The van der Waals surface area contributed by atoms with Crippen molar-refractivity contribution < 1.29 is 13.9 Å². The Hall–Kier alpha value is -2.16. The summed E-state index contributed by atoms with van der Waals surface area (Å²) in [5, 5.41) is 7.68. The van der Waals surface area contributed by atoms with Gasteiger partial charge in [-0.2, -0.15) is 9.67 Å². The van der Waals surface area contributed by atoms with Gasteiger partial charge in [-0.3, -0.25) is 4.79 Å². The number of nitrogens with zero attached hydrogens (tertiary/aromatic N) is 3. The van der Waals surface area contributed by atoms with Crippen molar-refractivity contribution in [1.82, 2.24) is 14.8 Å². The molecular weight excluding hydrogens is 376 g/mol. The molecule has 0 radical (unpaired) electrons. The summed E-state index contributed by atoms with van der Waals surface area (Å²) in [5.41, 5.74) is 0.427. The molecule has 7 nitrogen and oxygen atoms in total. The SMILES string of the molecule is O=C(c1ccoc1)n1nc(C2CCOCC2)nc1NCc1ccc(Cl)s1. The molecule has 136 valence electrons. The number of hydrogen-bond acceptors (Lipinski definition) is 7. The molecule has 0 bridgehead atoms. The van der Waals surface area contributed by atoms with Gasteiger partial charge in [-0.05, 0) is 31.0 Å². The number of carbonyl (C=O) groups is 1. The van der Waals surface area contributed by atoms with Gasteiger partial charge in [0.15, 0.2) is 5.82 Å². The average Bonchev–Trinajstić information content (AvgIpc) is 3.41. The number of aromatic nitrogens is 3. The predicted molar refractivity (Wildman–Crippen MR) is 97.9 cm³/mol. The molecule has 0 spiro atoms. The number of thiophene rings is 1.